The molecule has 3 aromatic carbocycles. The normalized spacial score (nSPS) is 11.0. The topological polar surface area (TPSA) is 55.1 Å². The first kappa shape index (κ1) is 18.0. The Morgan fingerprint density at radius 1 is 0.857 bits per heavy atom. The quantitative estimate of drug-likeness (QED) is 0.482. The van der Waals surface area contributed by atoms with Crippen LogP contribution in [0.4, 0.5) is 5.69 Å². The van der Waals surface area contributed by atoms with E-state index in [1.165, 1.54) is 11.1 Å². The molecule has 4 rings (SSSR count). The van der Waals surface area contributed by atoms with Gasteiger partial charge in [0.2, 0.25) is 5.89 Å². The molecule has 0 unspecified atom stereocenters. The van der Waals surface area contributed by atoms with Gasteiger partial charge in [-0.2, -0.15) is 0 Å². The highest BCUT2D eigenvalue weighted by Crippen LogP contribution is 2.27. The van der Waals surface area contributed by atoms with Gasteiger partial charge >= 0.3 is 0 Å². The van der Waals surface area contributed by atoms with E-state index in [4.69, 9.17) is 4.42 Å². The molecule has 0 bridgehead atoms. The van der Waals surface area contributed by atoms with Gasteiger partial charge in [0.1, 0.15) is 5.52 Å². The number of aromatic nitrogens is 1. The molecule has 140 valence electrons. The molecular formula is C24H22N2O2. The average molecular weight is 370 g/mol. The van der Waals surface area contributed by atoms with Crippen LogP contribution in [0.1, 0.15) is 32.6 Å². The summed E-state index contributed by atoms with van der Waals surface area (Å²) in [5, 5.41) is 2.96. The summed E-state index contributed by atoms with van der Waals surface area (Å²) >= 11 is 0. The molecule has 0 saturated heterocycles. The summed E-state index contributed by atoms with van der Waals surface area (Å²) in [7, 11) is 0. The van der Waals surface area contributed by atoms with Crippen molar-refractivity contribution < 1.29 is 9.21 Å². The largest absolute Gasteiger partial charge is 0.436 e. The molecule has 1 aromatic heterocycles. The van der Waals surface area contributed by atoms with E-state index in [9.17, 15) is 4.79 Å². The first-order valence-electron chi connectivity index (χ1n) is 9.27. The molecule has 4 nitrogen and oxygen atoms in total. The number of hydrogen-bond acceptors (Lipinski definition) is 3. The van der Waals surface area contributed by atoms with Crippen molar-refractivity contribution in [3.05, 3.63) is 82.4 Å². The third-order valence-electron chi connectivity index (χ3n) is 5.03. The van der Waals surface area contributed by atoms with Crippen LogP contribution in [0.3, 0.4) is 0 Å². The number of anilines is 1. The van der Waals surface area contributed by atoms with E-state index in [2.05, 4.69) is 36.3 Å². The Hall–Kier alpha value is -3.40. The minimum atomic E-state index is -0.130. The smallest absolute Gasteiger partial charge is 0.255 e. The standard InChI is InChI=1S/C24H22N2O2/c1-14-5-9-20(17(4)11-14)23(27)25-19-8-10-22-21(13-19)26-24(28-22)18-7-6-15(2)16(3)12-18/h5-13H,1-4H3,(H,25,27). The number of carbonyl (C=O) groups excluding carboxylic acids is 1. The van der Waals surface area contributed by atoms with E-state index in [-0.39, 0.29) is 5.91 Å². The highest BCUT2D eigenvalue weighted by Gasteiger charge is 2.12. The number of rotatable bonds is 3. The number of carbonyl (C=O) groups is 1. The second-order valence-corrected chi connectivity index (χ2v) is 7.27. The number of aryl methyl sites for hydroxylation is 4. The first-order valence-corrected chi connectivity index (χ1v) is 9.27. The SMILES string of the molecule is Cc1ccc(C(=O)Nc2ccc3oc(-c4ccc(C)c(C)c4)nc3c2)c(C)c1. The fourth-order valence-electron chi connectivity index (χ4n) is 3.27. The Morgan fingerprint density at radius 2 is 1.68 bits per heavy atom. The van der Waals surface area contributed by atoms with Crippen LogP contribution < -0.4 is 5.32 Å². The highest BCUT2D eigenvalue weighted by atomic mass is 16.3. The van der Waals surface area contributed by atoms with E-state index in [0.717, 1.165) is 16.7 Å². The molecule has 0 fully saturated rings. The number of fused-ring (bicyclic) bond motifs is 1. The first-order chi connectivity index (χ1) is 13.4. The van der Waals surface area contributed by atoms with Crippen molar-refractivity contribution in [3.63, 3.8) is 0 Å². The molecule has 0 spiro atoms. The van der Waals surface area contributed by atoms with Crippen LogP contribution in [-0.2, 0) is 0 Å². The number of amides is 1. The molecule has 1 heterocycles. The molecule has 0 aliphatic rings. The van der Waals surface area contributed by atoms with E-state index < -0.39 is 0 Å². The van der Waals surface area contributed by atoms with Gasteiger partial charge in [-0.25, -0.2) is 4.98 Å². The van der Waals surface area contributed by atoms with Crippen LogP contribution in [0.2, 0.25) is 0 Å². The minimum Gasteiger partial charge on any atom is -0.436 e. The van der Waals surface area contributed by atoms with Gasteiger partial charge in [-0.3, -0.25) is 4.79 Å². The number of nitrogens with zero attached hydrogens (tertiary/aromatic N) is 1. The van der Waals surface area contributed by atoms with Crippen LogP contribution in [0.15, 0.2) is 59.0 Å². The summed E-state index contributed by atoms with van der Waals surface area (Å²) in [5.74, 6) is 0.450. The van der Waals surface area contributed by atoms with Gasteiger partial charge in [0.25, 0.3) is 5.91 Å². The second-order valence-electron chi connectivity index (χ2n) is 7.27. The fraction of sp³-hybridized carbons (Fsp3) is 0.167. The molecule has 1 N–H and O–H groups in total. The summed E-state index contributed by atoms with van der Waals surface area (Å²) in [6.07, 6.45) is 0. The summed E-state index contributed by atoms with van der Waals surface area (Å²) < 4.78 is 5.90. The van der Waals surface area contributed by atoms with Crippen molar-refractivity contribution in [3.8, 4) is 11.5 Å². The maximum Gasteiger partial charge on any atom is 0.255 e. The van der Waals surface area contributed by atoms with Crippen molar-refractivity contribution >= 4 is 22.7 Å². The third-order valence-corrected chi connectivity index (χ3v) is 5.03. The lowest BCUT2D eigenvalue weighted by Gasteiger charge is -2.08. The third kappa shape index (κ3) is 3.41. The monoisotopic (exact) mass is 370 g/mol. The zero-order chi connectivity index (χ0) is 19.8. The molecule has 28 heavy (non-hydrogen) atoms. The molecule has 0 atom stereocenters. The Bertz CT molecular complexity index is 1200. The Morgan fingerprint density at radius 3 is 2.43 bits per heavy atom. The summed E-state index contributed by atoms with van der Waals surface area (Å²) in [4.78, 5) is 17.2. The number of nitrogens with one attached hydrogen (secondary N) is 1. The Balaban J connectivity index is 1.62. The molecular weight excluding hydrogens is 348 g/mol. The Labute approximate surface area is 164 Å². The van der Waals surface area contributed by atoms with Crippen LogP contribution in [-0.4, -0.2) is 10.9 Å². The van der Waals surface area contributed by atoms with E-state index >= 15 is 0 Å². The van der Waals surface area contributed by atoms with Crippen molar-refractivity contribution in [2.75, 3.05) is 5.32 Å². The molecule has 0 aliphatic carbocycles. The maximum atomic E-state index is 12.6. The van der Waals surface area contributed by atoms with Gasteiger partial charge in [0.15, 0.2) is 5.58 Å². The number of hydrogen-bond donors (Lipinski definition) is 1. The maximum absolute atomic E-state index is 12.6. The highest BCUT2D eigenvalue weighted by molar-refractivity contribution is 6.05. The van der Waals surface area contributed by atoms with Crippen LogP contribution in [0, 0.1) is 27.7 Å². The zero-order valence-corrected chi connectivity index (χ0v) is 16.5. The average Bonchev–Trinajstić information content (AvgIpc) is 3.07. The fourth-order valence-corrected chi connectivity index (χ4v) is 3.27. The molecule has 0 saturated carbocycles. The lowest BCUT2D eigenvalue weighted by Crippen LogP contribution is -2.13. The van der Waals surface area contributed by atoms with Crippen molar-refractivity contribution in [1.82, 2.24) is 4.98 Å². The lowest BCUT2D eigenvalue weighted by molar-refractivity contribution is 0.102. The predicted octanol–water partition coefficient (Wildman–Crippen LogP) is 5.98. The summed E-state index contributed by atoms with van der Waals surface area (Å²) in [5.41, 5.74) is 8.23. The lowest BCUT2D eigenvalue weighted by atomic mass is 10.1. The number of oxazole rings is 1. The summed E-state index contributed by atoms with van der Waals surface area (Å²) in [6.45, 7) is 8.11. The zero-order valence-electron chi connectivity index (χ0n) is 16.5. The van der Waals surface area contributed by atoms with Gasteiger partial charge in [0.05, 0.1) is 0 Å². The van der Waals surface area contributed by atoms with E-state index in [1.807, 2.05) is 56.3 Å². The van der Waals surface area contributed by atoms with E-state index in [0.29, 0.717) is 28.2 Å². The van der Waals surface area contributed by atoms with Crippen LogP contribution >= 0.6 is 0 Å². The van der Waals surface area contributed by atoms with Crippen LogP contribution in [0.5, 0.6) is 0 Å². The van der Waals surface area contributed by atoms with Gasteiger partial charge in [-0.15, -0.1) is 0 Å². The van der Waals surface area contributed by atoms with Crippen molar-refractivity contribution in [2.45, 2.75) is 27.7 Å². The molecule has 0 radical (unpaired) electrons. The van der Waals surface area contributed by atoms with Crippen molar-refractivity contribution in [1.29, 1.82) is 0 Å². The van der Waals surface area contributed by atoms with E-state index in [1.54, 1.807) is 0 Å². The summed E-state index contributed by atoms with van der Waals surface area (Å²) in [6, 6.07) is 17.5. The van der Waals surface area contributed by atoms with Gasteiger partial charge in [-0.05, 0) is 80.8 Å². The molecule has 0 aliphatic heterocycles. The van der Waals surface area contributed by atoms with Gasteiger partial charge in [-0.1, -0.05) is 23.8 Å². The molecule has 1 amide bonds. The second kappa shape index (κ2) is 6.97. The minimum absolute atomic E-state index is 0.130. The van der Waals surface area contributed by atoms with Crippen LogP contribution in [0.25, 0.3) is 22.6 Å². The molecule has 4 heteroatoms. The van der Waals surface area contributed by atoms with Gasteiger partial charge in [0, 0.05) is 16.8 Å². The van der Waals surface area contributed by atoms with Crippen molar-refractivity contribution in [2.24, 2.45) is 0 Å². The molecule has 4 aromatic rings. The number of benzene rings is 3. The Kier molecular flexibility index (Phi) is 4.47. The predicted molar refractivity (Wildman–Crippen MR) is 113 cm³/mol. The van der Waals surface area contributed by atoms with Gasteiger partial charge < -0.3 is 9.73 Å².